The molecule has 1 aliphatic rings. The lowest BCUT2D eigenvalue weighted by atomic mass is 9.97. The predicted octanol–water partition coefficient (Wildman–Crippen LogP) is 3.33. The lowest BCUT2D eigenvalue weighted by Gasteiger charge is -2.16. The molecule has 1 unspecified atom stereocenters. The van der Waals surface area contributed by atoms with Crippen molar-refractivity contribution < 1.29 is 9.13 Å². The van der Waals surface area contributed by atoms with Gasteiger partial charge in [0.05, 0.1) is 18.5 Å². The third-order valence-electron chi connectivity index (χ3n) is 3.26. The zero-order valence-electron chi connectivity index (χ0n) is 11.2. The van der Waals surface area contributed by atoms with Gasteiger partial charge < -0.3 is 15.4 Å². The second kappa shape index (κ2) is 5.46. The number of anilines is 2. The Morgan fingerprint density at radius 2 is 1.89 bits per heavy atom. The van der Waals surface area contributed by atoms with Gasteiger partial charge in [-0.25, -0.2) is 4.39 Å². The molecule has 2 rings (SSSR count). The lowest BCUT2D eigenvalue weighted by molar-refractivity contribution is 0.387. The third-order valence-corrected chi connectivity index (χ3v) is 3.26. The van der Waals surface area contributed by atoms with Gasteiger partial charge in [-0.2, -0.15) is 0 Å². The largest absolute Gasteiger partial charge is 0.494 e. The summed E-state index contributed by atoms with van der Waals surface area (Å²) in [6.07, 6.45) is 1.16. The van der Waals surface area contributed by atoms with Gasteiger partial charge in [-0.15, -0.1) is 0 Å². The van der Waals surface area contributed by atoms with Crippen LogP contribution in [0.2, 0.25) is 0 Å². The zero-order valence-corrected chi connectivity index (χ0v) is 11.2. The van der Waals surface area contributed by atoms with Gasteiger partial charge in [-0.3, -0.25) is 0 Å². The van der Waals surface area contributed by atoms with Gasteiger partial charge in [0.15, 0.2) is 11.6 Å². The van der Waals surface area contributed by atoms with Crippen molar-refractivity contribution in [3.8, 4) is 5.75 Å². The molecule has 1 atom stereocenters. The molecule has 0 fully saturated rings. The molecular formula is C14H21FN2O. The van der Waals surface area contributed by atoms with E-state index in [1.165, 1.54) is 13.2 Å². The minimum absolute atomic E-state index is 0.283. The zero-order chi connectivity index (χ0) is 13.1. The van der Waals surface area contributed by atoms with E-state index in [-0.39, 0.29) is 11.6 Å². The van der Waals surface area contributed by atoms with Crippen LogP contribution in [0.3, 0.4) is 0 Å². The Bertz CT molecular complexity index is 421. The highest BCUT2D eigenvalue weighted by atomic mass is 19.1. The number of nitrogens with one attached hydrogen (secondary N) is 2. The van der Waals surface area contributed by atoms with Crippen LogP contribution < -0.4 is 15.4 Å². The SMILES string of the molecule is COc1cc2c(cc1F)NCC(CC(C)C)CN2. The number of methoxy groups -OCH3 is 1. The first-order chi connectivity index (χ1) is 8.60. The molecule has 100 valence electrons. The van der Waals surface area contributed by atoms with Crippen molar-refractivity contribution in [2.24, 2.45) is 11.8 Å². The number of rotatable bonds is 3. The predicted molar refractivity (Wildman–Crippen MR) is 72.9 cm³/mol. The number of halogens is 1. The van der Waals surface area contributed by atoms with Gasteiger partial charge in [-0.1, -0.05) is 13.8 Å². The van der Waals surface area contributed by atoms with Crippen molar-refractivity contribution in [1.82, 2.24) is 0 Å². The van der Waals surface area contributed by atoms with Crippen LogP contribution in [0.5, 0.6) is 5.75 Å². The van der Waals surface area contributed by atoms with Gasteiger partial charge in [-0.05, 0) is 18.3 Å². The van der Waals surface area contributed by atoms with Gasteiger partial charge in [0.2, 0.25) is 0 Å². The van der Waals surface area contributed by atoms with E-state index >= 15 is 0 Å². The average molecular weight is 252 g/mol. The topological polar surface area (TPSA) is 33.3 Å². The number of hydrogen-bond acceptors (Lipinski definition) is 3. The fraction of sp³-hybridized carbons (Fsp3) is 0.571. The van der Waals surface area contributed by atoms with Gasteiger partial charge in [0.25, 0.3) is 0 Å². The summed E-state index contributed by atoms with van der Waals surface area (Å²) in [6.45, 7) is 6.23. The molecule has 18 heavy (non-hydrogen) atoms. The first-order valence-electron chi connectivity index (χ1n) is 6.45. The molecule has 0 spiro atoms. The maximum atomic E-state index is 13.6. The Morgan fingerprint density at radius 3 is 2.44 bits per heavy atom. The average Bonchev–Trinajstić information content (AvgIpc) is 2.50. The summed E-state index contributed by atoms with van der Waals surface area (Å²) in [5.74, 6) is 1.19. The second-order valence-corrected chi connectivity index (χ2v) is 5.29. The summed E-state index contributed by atoms with van der Waals surface area (Å²) >= 11 is 0. The minimum Gasteiger partial charge on any atom is -0.494 e. The number of benzene rings is 1. The van der Waals surface area contributed by atoms with E-state index < -0.39 is 0 Å². The highest BCUT2D eigenvalue weighted by Gasteiger charge is 2.18. The van der Waals surface area contributed by atoms with E-state index in [4.69, 9.17) is 4.74 Å². The van der Waals surface area contributed by atoms with Crippen LogP contribution in [0, 0.1) is 17.7 Å². The molecular weight excluding hydrogens is 231 g/mol. The highest BCUT2D eigenvalue weighted by Crippen LogP contribution is 2.32. The van der Waals surface area contributed by atoms with Crippen molar-refractivity contribution >= 4 is 11.4 Å². The highest BCUT2D eigenvalue weighted by molar-refractivity contribution is 5.71. The first kappa shape index (κ1) is 13.0. The van der Waals surface area contributed by atoms with E-state index in [9.17, 15) is 4.39 Å². The molecule has 3 nitrogen and oxygen atoms in total. The molecule has 0 bridgehead atoms. The fourth-order valence-corrected chi connectivity index (χ4v) is 2.42. The van der Waals surface area contributed by atoms with Crippen molar-refractivity contribution in [3.63, 3.8) is 0 Å². The molecule has 0 saturated carbocycles. The monoisotopic (exact) mass is 252 g/mol. The summed E-state index contributed by atoms with van der Waals surface area (Å²) in [5.41, 5.74) is 1.74. The molecule has 1 aromatic rings. The van der Waals surface area contributed by atoms with E-state index in [0.29, 0.717) is 11.8 Å². The van der Waals surface area contributed by atoms with Crippen LogP contribution in [0.1, 0.15) is 20.3 Å². The molecule has 4 heteroatoms. The normalized spacial score (nSPS) is 18.6. The summed E-state index contributed by atoms with van der Waals surface area (Å²) in [6, 6.07) is 3.22. The van der Waals surface area contributed by atoms with Gasteiger partial charge in [0, 0.05) is 25.2 Å². The van der Waals surface area contributed by atoms with Gasteiger partial charge in [0.1, 0.15) is 0 Å². The standard InChI is InChI=1S/C14H21FN2O/c1-9(2)4-10-7-16-12-5-11(15)14(18-3)6-13(12)17-8-10/h5-6,9-10,16-17H,4,7-8H2,1-3H3. The molecule has 1 heterocycles. The van der Waals surface area contributed by atoms with Crippen LogP contribution in [0.15, 0.2) is 12.1 Å². The van der Waals surface area contributed by atoms with Crippen molar-refractivity contribution in [1.29, 1.82) is 0 Å². The molecule has 1 aliphatic heterocycles. The summed E-state index contributed by atoms with van der Waals surface area (Å²) in [7, 11) is 1.48. The van der Waals surface area contributed by atoms with Crippen LogP contribution >= 0.6 is 0 Å². The Labute approximate surface area is 108 Å². The Hall–Kier alpha value is -1.45. The summed E-state index contributed by atoms with van der Waals surface area (Å²) in [5, 5.41) is 6.69. The second-order valence-electron chi connectivity index (χ2n) is 5.29. The Morgan fingerprint density at radius 1 is 1.28 bits per heavy atom. The van der Waals surface area contributed by atoms with Crippen LogP contribution in [0.4, 0.5) is 15.8 Å². The quantitative estimate of drug-likeness (QED) is 0.865. The summed E-state index contributed by atoms with van der Waals surface area (Å²) in [4.78, 5) is 0. The van der Waals surface area contributed by atoms with Crippen molar-refractivity contribution in [3.05, 3.63) is 17.9 Å². The lowest BCUT2D eigenvalue weighted by Crippen LogP contribution is -2.20. The number of ether oxygens (including phenoxy) is 1. The van der Waals surface area contributed by atoms with Crippen LogP contribution in [-0.2, 0) is 0 Å². The Balaban J connectivity index is 2.15. The van der Waals surface area contributed by atoms with Crippen molar-refractivity contribution in [2.45, 2.75) is 20.3 Å². The molecule has 0 aromatic heterocycles. The minimum atomic E-state index is -0.326. The molecule has 0 aliphatic carbocycles. The Kier molecular flexibility index (Phi) is 3.94. The molecule has 2 N–H and O–H groups in total. The first-order valence-corrected chi connectivity index (χ1v) is 6.45. The molecule has 0 radical (unpaired) electrons. The van der Waals surface area contributed by atoms with E-state index in [1.54, 1.807) is 6.07 Å². The maximum Gasteiger partial charge on any atom is 0.167 e. The molecule has 1 aromatic carbocycles. The van der Waals surface area contributed by atoms with E-state index in [0.717, 1.165) is 30.9 Å². The maximum absolute atomic E-state index is 13.6. The van der Waals surface area contributed by atoms with Gasteiger partial charge >= 0.3 is 0 Å². The van der Waals surface area contributed by atoms with Crippen LogP contribution in [0.25, 0.3) is 0 Å². The fourth-order valence-electron chi connectivity index (χ4n) is 2.42. The summed E-state index contributed by atoms with van der Waals surface area (Å²) < 4.78 is 18.6. The number of fused-ring (bicyclic) bond motifs is 1. The molecule has 0 amide bonds. The third kappa shape index (κ3) is 2.86. The number of hydrogen-bond donors (Lipinski definition) is 2. The van der Waals surface area contributed by atoms with E-state index in [1.807, 2.05) is 0 Å². The van der Waals surface area contributed by atoms with Crippen LogP contribution in [-0.4, -0.2) is 20.2 Å². The smallest absolute Gasteiger partial charge is 0.167 e. The van der Waals surface area contributed by atoms with E-state index in [2.05, 4.69) is 24.5 Å². The molecule has 0 saturated heterocycles. The van der Waals surface area contributed by atoms with Crippen molar-refractivity contribution in [2.75, 3.05) is 30.8 Å².